The molecule has 0 aromatic carbocycles. The molecule has 0 saturated heterocycles. The van der Waals surface area contributed by atoms with Gasteiger partial charge in [0.15, 0.2) is 0 Å². The van der Waals surface area contributed by atoms with Crippen LogP contribution in [0.2, 0.25) is 0 Å². The van der Waals surface area contributed by atoms with Crippen LogP contribution in [-0.2, 0) is 14.8 Å². The molecule has 0 aliphatic heterocycles. The van der Waals surface area contributed by atoms with Crippen LogP contribution in [0.15, 0.2) is 17.3 Å². The predicted molar refractivity (Wildman–Crippen MR) is 73.2 cm³/mol. The summed E-state index contributed by atoms with van der Waals surface area (Å²) in [5.41, 5.74) is 2.24. The van der Waals surface area contributed by atoms with Gasteiger partial charge in [0, 0.05) is 20.2 Å². The molecule has 112 valence electrons. The number of ether oxygens (including phenoxy) is 1. The Morgan fingerprint density at radius 2 is 2.10 bits per heavy atom. The van der Waals surface area contributed by atoms with E-state index in [-0.39, 0.29) is 10.8 Å². The van der Waals surface area contributed by atoms with Crippen molar-refractivity contribution < 1.29 is 13.2 Å². The first-order chi connectivity index (χ1) is 9.54. The first kappa shape index (κ1) is 15.1. The summed E-state index contributed by atoms with van der Waals surface area (Å²) < 4.78 is 31.1. The van der Waals surface area contributed by atoms with Crippen LogP contribution >= 0.6 is 0 Å². The molecule has 3 N–H and O–H groups in total. The molecule has 0 spiro atoms. The lowest BCUT2D eigenvalue weighted by Crippen LogP contribution is -2.30. The van der Waals surface area contributed by atoms with Gasteiger partial charge < -0.3 is 4.74 Å². The quantitative estimate of drug-likeness (QED) is 0.389. The molecule has 20 heavy (non-hydrogen) atoms. The van der Waals surface area contributed by atoms with Gasteiger partial charge in [0.05, 0.1) is 19.0 Å². The number of hydrogen-bond donors (Lipinski definition) is 2. The van der Waals surface area contributed by atoms with Crippen LogP contribution in [0.3, 0.4) is 0 Å². The van der Waals surface area contributed by atoms with E-state index in [0.717, 1.165) is 0 Å². The number of nitrogens with two attached hydrogens (primary N) is 1. The maximum absolute atomic E-state index is 12.2. The number of rotatable bonds is 8. The molecular weight excluding hydrogens is 282 g/mol. The van der Waals surface area contributed by atoms with Crippen molar-refractivity contribution in [3.63, 3.8) is 0 Å². The zero-order chi connectivity index (χ0) is 14.6. The van der Waals surface area contributed by atoms with Crippen molar-refractivity contribution in [2.75, 3.05) is 32.2 Å². The topological polar surface area (TPSA) is 110 Å². The Balaban J connectivity index is 1.89. The minimum absolute atomic E-state index is 0.0289. The van der Waals surface area contributed by atoms with E-state index in [0.29, 0.717) is 25.7 Å². The molecule has 1 aliphatic rings. The van der Waals surface area contributed by atoms with Crippen molar-refractivity contribution in [2.24, 2.45) is 11.8 Å². The lowest BCUT2D eigenvalue weighted by molar-refractivity contribution is 0.117. The molecule has 1 aromatic rings. The minimum Gasteiger partial charge on any atom is -0.380 e. The molecular formula is C11H19N5O3S. The van der Waals surface area contributed by atoms with Gasteiger partial charge in [-0.3, -0.25) is 5.43 Å². The van der Waals surface area contributed by atoms with Gasteiger partial charge >= 0.3 is 0 Å². The van der Waals surface area contributed by atoms with Crippen LogP contribution in [0.4, 0.5) is 5.95 Å². The fourth-order valence-electron chi connectivity index (χ4n) is 1.55. The summed E-state index contributed by atoms with van der Waals surface area (Å²) in [6.45, 7) is 1.40. The highest BCUT2D eigenvalue weighted by Crippen LogP contribution is 2.28. The predicted octanol–water partition coefficient (Wildman–Crippen LogP) is -0.191. The minimum atomic E-state index is -3.59. The second-order valence-corrected chi connectivity index (χ2v) is 6.78. The molecule has 0 radical (unpaired) electrons. The molecule has 0 unspecified atom stereocenters. The van der Waals surface area contributed by atoms with Gasteiger partial charge in [-0.05, 0) is 18.8 Å². The number of aromatic nitrogens is 2. The molecule has 0 atom stereocenters. The normalized spacial score (nSPS) is 15.6. The molecule has 0 amide bonds. The van der Waals surface area contributed by atoms with Gasteiger partial charge in [0.25, 0.3) is 0 Å². The Morgan fingerprint density at radius 1 is 1.45 bits per heavy atom. The van der Waals surface area contributed by atoms with E-state index in [1.807, 2.05) is 0 Å². The van der Waals surface area contributed by atoms with Gasteiger partial charge in [-0.15, -0.1) is 0 Å². The average molecular weight is 301 g/mol. The van der Waals surface area contributed by atoms with E-state index in [9.17, 15) is 8.42 Å². The molecule has 1 aromatic heterocycles. The lowest BCUT2D eigenvalue weighted by atomic mass is 10.5. The summed E-state index contributed by atoms with van der Waals surface area (Å²) in [6, 6.07) is 0. The summed E-state index contributed by atoms with van der Waals surface area (Å²) in [6.07, 6.45) is 4.87. The van der Waals surface area contributed by atoms with Gasteiger partial charge in [0.2, 0.25) is 16.0 Å². The van der Waals surface area contributed by atoms with Crippen molar-refractivity contribution in [2.45, 2.75) is 17.7 Å². The van der Waals surface area contributed by atoms with E-state index in [1.54, 1.807) is 0 Å². The Hall–Kier alpha value is -1.29. The van der Waals surface area contributed by atoms with Crippen molar-refractivity contribution in [1.29, 1.82) is 0 Å². The number of nitrogens with one attached hydrogen (secondary N) is 1. The number of nitrogen functional groups attached to an aromatic ring is 1. The standard InChI is InChI=1S/C11H19N5O3S/c1-16(4-5-19-8-9-2-3-9)20(17,18)10-6-13-11(15-12)14-7-10/h6-7,9H,2-5,8,12H2,1H3,(H,13,14,15). The summed E-state index contributed by atoms with van der Waals surface area (Å²) in [5.74, 6) is 5.96. The Morgan fingerprint density at radius 3 is 2.65 bits per heavy atom. The Bertz CT molecular complexity index is 529. The molecule has 1 saturated carbocycles. The molecule has 1 aliphatic carbocycles. The second kappa shape index (κ2) is 6.44. The van der Waals surface area contributed by atoms with Crippen molar-refractivity contribution in [1.82, 2.24) is 14.3 Å². The van der Waals surface area contributed by atoms with E-state index in [4.69, 9.17) is 10.6 Å². The number of anilines is 1. The van der Waals surface area contributed by atoms with Gasteiger partial charge in [0.1, 0.15) is 4.90 Å². The fraction of sp³-hybridized carbons (Fsp3) is 0.636. The van der Waals surface area contributed by atoms with Crippen LogP contribution < -0.4 is 11.3 Å². The second-order valence-electron chi connectivity index (χ2n) is 4.73. The third-order valence-electron chi connectivity index (χ3n) is 3.07. The zero-order valence-electron chi connectivity index (χ0n) is 11.3. The maximum Gasteiger partial charge on any atom is 0.245 e. The summed E-state index contributed by atoms with van der Waals surface area (Å²) in [4.78, 5) is 7.61. The fourth-order valence-corrected chi connectivity index (χ4v) is 2.60. The summed E-state index contributed by atoms with van der Waals surface area (Å²) in [5, 5.41) is 0. The largest absolute Gasteiger partial charge is 0.380 e. The average Bonchev–Trinajstić information content (AvgIpc) is 3.27. The Labute approximate surface area is 118 Å². The van der Waals surface area contributed by atoms with E-state index in [1.165, 1.54) is 36.6 Å². The monoisotopic (exact) mass is 301 g/mol. The molecule has 1 heterocycles. The number of likely N-dealkylation sites (N-methyl/N-ethyl adjacent to an activating group) is 1. The molecule has 9 heteroatoms. The number of hydrogen-bond acceptors (Lipinski definition) is 7. The van der Waals surface area contributed by atoms with Gasteiger partial charge in [-0.25, -0.2) is 24.2 Å². The molecule has 1 fully saturated rings. The van der Waals surface area contributed by atoms with Crippen LogP contribution in [0, 0.1) is 5.92 Å². The lowest BCUT2D eigenvalue weighted by Gasteiger charge is -2.16. The number of nitrogens with zero attached hydrogens (tertiary/aromatic N) is 3. The number of hydrazine groups is 1. The van der Waals surface area contributed by atoms with Crippen molar-refractivity contribution in [3.05, 3.63) is 12.4 Å². The number of sulfonamides is 1. The van der Waals surface area contributed by atoms with Crippen LogP contribution in [0.5, 0.6) is 0 Å². The molecule has 0 bridgehead atoms. The first-order valence-corrected chi connectivity index (χ1v) is 7.81. The third kappa shape index (κ3) is 3.85. The highest BCUT2D eigenvalue weighted by molar-refractivity contribution is 7.89. The van der Waals surface area contributed by atoms with E-state index >= 15 is 0 Å². The highest BCUT2D eigenvalue weighted by Gasteiger charge is 2.23. The zero-order valence-corrected chi connectivity index (χ0v) is 12.1. The SMILES string of the molecule is CN(CCOCC1CC1)S(=O)(=O)c1cnc(NN)nc1. The van der Waals surface area contributed by atoms with Crippen molar-refractivity contribution in [3.8, 4) is 0 Å². The highest BCUT2D eigenvalue weighted by atomic mass is 32.2. The van der Waals surface area contributed by atoms with Crippen LogP contribution in [-0.4, -0.2) is 49.5 Å². The smallest absolute Gasteiger partial charge is 0.245 e. The summed E-state index contributed by atoms with van der Waals surface area (Å²) >= 11 is 0. The first-order valence-electron chi connectivity index (χ1n) is 6.37. The van der Waals surface area contributed by atoms with Gasteiger partial charge in [-0.2, -0.15) is 4.31 Å². The maximum atomic E-state index is 12.2. The summed E-state index contributed by atoms with van der Waals surface area (Å²) in [7, 11) is -2.08. The van der Waals surface area contributed by atoms with E-state index < -0.39 is 10.0 Å². The molecule has 2 rings (SSSR count). The Kier molecular flexibility index (Phi) is 4.86. The molecule has 8 nitrogen and oxygen atoms in total. The van der Waals surface area contributed by atoms with Gasteiger partial charge in [-0.1, -0.05) is 0 Å². The van der Waals surface area contributed by atoms with E-state index in [2.05, 4.69) is 15.4 Å². The third-order valence-corrected chi connectivity index (χ3v) is 4.88. The van der Waals surface area contributed by atoms with Crippen LogP contribution in [0.1, 0.15) is 12.8 Å². The van der Waals surface area contributed by atoms with Crippen LogP contribution in [0.25, 0.3) is 0 Å². The van der Waals surface area contributed by atoms with Crippen molar-refractivity contribution >= 4 is 16.0 Å².